The van der Waals surface area contributed by atoms with Crippen molar-refractivity contribution in [3.63, 3.8) is 0 Å². The zero-order valence-corrected chi connectivity index (χ0v) is 20.0. The van der Waals surface area contributed by atoms with Gasteiger partial charge in [0.25, 0.3) is 0 Å². The molecule has 10 heteroatoms. The fourth-order valence-electron chi connectivity index (χ4n) is 4.20. The summed E-state index contributed by atoms with van der Waals surface area (Å²) in [5.74, 6) is 0.544. The molecule has 2 aromatic carbocycles. The van der Waals surface area contributed by atoms with Crippen LogP contribution in [0.1, 0.15) is 5.56 Å². The van der Waals surface area contributed by atoms with Crippen molar-refractivity contribution in [3.05, 3.63) is 72.9 Å². The molecule has 1 aromatic heterocycles. The predicted molar refractivity (Wildman–Crippen MR) is 139 cm³/mol. The van der Waals surface area contributed by atoms with Gasteiger partial charge in [0, 0.05) is 49.0 Å². The van der Waals surface area contributed by atoms with E-state index < -0.39 is 0 Å². The monoisotopic (exact) mass is 485 g/mol. The number of rotatable bonds is 6. The van der Waals surface area contributed by atoms with Gasteiger partial charge in [-0.05, 0) is 48.5 Å². The second kappa shape index (κ2) is 10.0. The van der Waals surface area contributed by atoms with Crippen LogP contribution in [0, 0.1) is 0 Å². The van der Waals surface area contributed by atoms with Gasteiger partial charge in [0.15, 0.2) is 5.82 Å². The fraction of sp³-hybridized carbons (Fsp3) is 0.231. The lowest BCUT2D eigenvalue weighted by atomic mass is 10.2. The molecule has 10 nitrogen and oxygen atoms in total. The summed E-state index contributed by atoms with van der Waals surface area (Å²) in [5, 5.41) is 5.97. The van der Waals surface area contributed by atoms with Gasteiger partial charge in [-0.15, -0.1) is 0 Å². The maximum absolute atomic E-state index is 13.2. The van der Waals surface area contributed by atoms with Gasteiger partial charge < -0.3 is 25.2 Å². The first-order valence-corrected chi connectivity index (χ1v) is 11.7. The number of urea groups is 1. The van der Waals surface area contributed by atoms with E-state index in [1.807, 2.05) is 12.1 Å². The summed E-state index contributed by atoms with van der Waals surface area (Å²) >= 11 is 0. The molecule has 0 radical (unpaired) electrons. The maximum atomic E-state index is 13.2. The lowest BCUT2D eigenvalue weighted by Crippen LogP contribution is -2.43. The third-order valence-electron chi connectivity index (χ3n) is 6.04. The number of nitrogens with zero attached hydrogens (tertiary/aromatic N) is 5. The summed E-state index contributed by atoms with van der Waals surface area (Å²) in [7, 11) is 1.73. The number of hydrogen-bond acceptors (Lipinski definition) is 7. The minimum Gasteiger partial charge on any atom is -0.378 e. The molecule has 0 atom stereocenters. The highest BCUT2D eigenvalue weighted by Crippen LogP contribution is 2.34. The van der Waals surface area contributed by atoms with Crippen molar-refractivity contribution < 1.29 is 14.3 Å². The first-order valence-electron chi connectivity index (χ1n) is 11.7. The first-order chi connectivity index (χ1) is 17.5. The quantitative estimate of drug-likeness (QED) is 0.511. The number of amides is 3. The molecule has 184 valence electrons. The molecule has 3 heterocycles. The van der Waals surface area contributed by atoms with E-state index in [0.29, 0.717) is 29.7 Å². The number of anilines is 6. The Balaban J connectivity index is 1.41. The molecule has 2 aliphatic heterocycles. The molecular weight excluding hydrogens is 458 g/mol. The van der Waals surface area contributed by atoms with Gasteiger partial charge in [-0.3, -0.25) is 4.79 Å². The van der Waals surface area contributed by atoms with Crippen LogP contribution in [0.5, 0.6) is 0 Å². The zero-order chi connectivity index (χ0) is 25.1. The minimum absolute atomic E-state index is 0.228. The van der Waals surface area contributed by atoms with E-state index in [0.717, 1.165) is 43.2 Å². The van der Waals surface area contributed by atoms with Crippen LogP contribution in [0.15, 0.2) is 67.4 Å². The Morgan fingerprint density at radius 3 is 2.61 bits per heavy atom. The average Bonchev–Trinajstić information content (AvgIpc) is 2.91. The Labute approximate surface area is 209 Å². The molecule has 0 spiro atoms. The number of fused-ring (bicyclic) bond motifs is 1. The van der Waals surface area contributed by atoms with Crippen LogP contribution in [-0.2, 0) is 16.1 Å². The number of aromatic nitrogens is 2. The lowest BCUT2D eigenvalue weighted by Gasteiger charge is -2.34. The summed E-state index contributed by atoms with van der Waals surface area (Å²) in [4.78, 5) is 39.5. The van der Waals surface area contributed by atoms with Crippen LogP contribution in [0.4, 0.5) is 39.3 Å². The van der Waals surface area contributed by atoms with Crippen LogP contribution < -0.4 is 20.4 Å². The van der Waals surface area contributed by atoms with Crippen molar-refractivity contribution in [1.29, 1.82) is 0 Å². The summed E-state index contributed by atoms with van der Waals surface area (Å²) in [6.07, 6.45) is 2.92. The van der Waals surface area contributed by atoms with E-state index in [-0.39, 0.29) is 11.9 Å². The molecule has 0 bridgehead atoms. The normalized spacial score (nSPS) is 15.4. The molecule has 2 N–H and O–H groups in total. The Morgan fingerprint density at radius 2 is 1.86 bits per heavy atom. The van der Waals surface area contributed by atoms with Crippen LogP contribution >= 0.6 is 0 Å². The Bertz CT molecular complexity index is 1290. The number of morpholine rings is 1. The second-order valence-corrected chi connectivity index (χ2v) is 8.53. The number of carbonyl (C=O) groups excluding carboxylic acids is 2. The first kappa shape index (κ1) is 23.3. The standard InChI is InChI=1S/C26H27N7O3/c1-3-23(34)28-20-5-4-6-22(15-20)33-24-18(17-31(2)26(33)35)16-27-25(30-24)29-19-7-9-21(10-8-19)32-11-13-36-14-12-32/h3-10,15-16H,1,11-14,17H2,2H3,(H,28,34)(H,27,29,30). The van der Waals surface area contributed by atoms with E-state index in [1.54, 1.807) is 42.4 Å². The summed E-state index contributed by atoms with van der Waals surface area (Å²) < 4.78 is 5.43. The third-order valence-corrected chi connectivity index (χ3v) is 6.04. The van der Waals surface area contributed by atoms with Crippen molar-refractivity contribution in [3.8, 4) is 0 Å². The summed E-state index contributed by atoms with van der Waals surface area (Å²) in [6, 6.07) is 14.9. The van der Waals surface area contributed by atoms with Gasteiger partial charge >= 0.3 is 6.03 Å². The van der Waals surface area contributed by atoms with E-state index in [4.69, 9.17) is 9.72 Å². The topological polar surface area (TPSA) is 103 Å². The number of carbonyl (C=O) groups is 2. The largest absolute Gasteiger partial charge is 0.378 e. The van der Waals surface area contributed by atoms with Crippen LogP contribution in [-0.4, -0.2) is 60.2 Å². The maximum Gasteiger partial charge on any atom is 0.330 e. The van der Waals surface area contributed by atoms with E-state index >= 15 is 0 Å². The van der Waals surface area contributed by atoms with E-state index in [1.165, 1.54) is 11.0 Å². The van der Waals surface area contributed by atoms with Crippen LogP contribution in [0.3, 0.4) is 0 Å². The molecule has 2 aliphatic rings. The lowest BCUT2D eigenvalue weighted by molar-refractivity contribution is -0.111. The molecule has 0 saturated carbocycles. The van der Waals surface area contributed by atoms with Gasteiger partial charge in [0.2, 0.25) is 11.9 Å². The molecule has 0 aliphatic carbocycles. The zero-order valence-electron chi connectivity index (χ0n) is 20.0. The Hall–Kier alpha value is -4.44. The smallest absolute Gasteiger partial charge is 0.330 e. The molecule has 5 rings (SSSR count). The van der Waals surface area contributed by atoms with Gasteiger partial charge in [-0.25, -0.2) is 14.7 Å². The van der Waals surface area contributed by atoms with Gasteiger partial charge in [0.1, 0.15) is 0 Å². The molecule has 3 amide bonds. The molecule has 0 unspecified atom stereocenters. The second-order valence-electron chi connectivity index (χ2n) is 8.53. The third kappa shape index (κ3) is 4.84. The molecule has 36 heavy (non-hydrogen) atoms. The highest BCUT2D eigenvalue weighted by molar-refractivity contribution is 6.02. The van der Waals surface area contributed by atoms with Crippen LogP contribution in [0.25, 0.3) is 0 Å². The van der Waals surface area contributed by atoms with E-state index in [2.05, 4.69) is 39.2 Å². The molecule has 1 saturated heterocycles. The summed E-state index contributed by atoms with van der Waals surface area (Å²) in [6.45, 7) is 7.08. The van der Waals surface area contributed by atoms with E-state index in [9.17, 15) is 9.59 Å². The van der Waals surface area contributed by atoms with Gasteiger partial charge in [-0.1, -0.05) is 12.6 Å². The van der Waals surface area contributed by atoms with Crippen molar-refractivity contribution in [1.82, 2.24) is 14.9 Å². The number of ether oxygens (including phenoxy) is 1. The van der Waals surface area contributed by atoms with Crippen molar-refractivity contribution >= 4 is 46.5 Å². The Morgan fingerprint density at radius 1 is 1.08 bits per heavy atom. The summed E-state index contributed by atoms with van der Waals surface area (Å²) in [5.41, 5.74) is 3.91. The predicted octanol–water partition coefficient (Wildman–Crippen LogP) is 3.88. The van der Waals surface area contributed by atoms with Crippen molar-refractivity contribution in [2.75, 3.05) is 53.8 Å². The van der Waals surface area contributed by atoms with Gasteiger partial charge in [-0.2, -0.15) is 4.98 Å². The van der Waals surface area contributed by atoms with Gasteiger partial charge in [0.05, 0.1) is 25.4 Å². The Kier molecular flexibility index (Phi) is 6.50. The van der Waals surface area contributed by atoms with Crippen molar-refractivity contribution in [2.45, 2.75) is 6.54 Å². The number of hydrogen-bond donors (Lipinski definition) is 2. The minimum atomic E-state index is -0.330. The highest BCUT2D eigenvalue weighted by atomic mass is 16.5. The molecule has 1 fully saturated rings. The highest BCUT2D eigenvalue weighted by Gasteiger charge is 2.31. The molecule has 3 aromatic rings. The SMILES string of the molecule is C=CC(=O)Nc1cccc(N2C(=O)N(C)Cc3cnc(Nc4ccc(N5CCOCC5)cc4)nc32)c1. The average molecular weight is 486 g/mol. The molecular formula is C26H27N7O3. The van der Waals surface area contributed by atoms with Crippen LogP contribution in [0.2, 0.25) is 0 Å². The van der Waals surface area contributed by atoms with Crippen molar-refractivity contribution in [2.24, 2.45) is 0 Å². The number of nitrogens with one attached hydrogen (secondary N) is 2. The number of benzene rings is 2. The fourth-order valence-corrected chi connectivity index (χ4v) is 4.20.